The molecule has 0 heterocycles. The van der Waals surface area contributed by atoms with Gasteiger partial charge in [0.1, 0.15) is 11.1 Å². The zero-order chi connectivity index (χ0) is 13.3. The fraction of sp³-hybridized carbons (Fsp3) is 0.667. The second-order valence-electron chi connectivity index (χ2n) is 5.22. The summed E-state index contributed by atoms with van der Waals surface area (Å²) in [5.74, 6) is -0.247. The fourth-order valence-corrected chi connectivity index (χ4v) is 1.74. The van der Waals surface area contributed by atoms with E-state index in [-0.39, 0.29) is 11.8 Å². The molecular formula is C12H20N2O3. The van der Waals surface area contributed by atoms with Gasteiger partial charge >= 0.3 is 6.09 Å². The summed E-state index contributed by atoms with van der Waals surface area (Å²) in [4.78, 5) is 23.4. The lowest BCUT2D eigenvalue weighted by molar-refractivity contribution is -0.124. The maximum absolute atomic E-state index is 11.7. The number of nitrogens with one attached hydrogen (secondary N) is 2. The molecule has 2 N–H and O–H groups in total. The fourth-order valence-electron chi connectivity index (χ4n) is 1.74. The van der Waals surface area contributed by atoms with E-state index in [1.807, 2.05) is 0 Å². The van der Waals surface area contributed by atoms with Crippen molar-refractivity contribution in [1.82, 2.24) is 10.6 Å². The van der Waals surface area contributed by atoms with E-state index in [2.05, 4.69) is 17.2 Å². The van der Waals surface area contributed by atoms with Crippen LogP contribution in [0, 0.1) is 5.92 Å². The Bertz CT molecular complexity index is 346. The number of alkyl carbamates (subject to hydrolysis) is 1. The minimum absolute atomic E-state index is 0.0324. The van der Waals surface area contributed by atoms with Gasteiger partial charge < -0.3 is 15.4 Å². The summed E-state index contributed by atoms with van der Waals surface area (Å²) in [6, 6.07) is 0. The number of hydrogen-bond acceptors (Lipinski definition) is 3. The Balaban J connectivity index is 2.68. The molecule has 0 aromatic carbocycles. The first-order valence-corrected chi connectivity index (χ1v) is 5.61. The zero-order valence-electron chi connectivity index (χ0n) is 10.8. The highest BCUT2D eigenvalue weighted by Crippen LogP contribution is 2.44. The van der Waals surface area contributed by atoms with Crippen molar-refractivity contribution >= 4 is 12.0 Å². The van der Waals surface area contributed by atoms with Gasteiger partial charge in [-0.1, -0.05) is 6.08 Å². The summed E-state index contributed by atoms with van der Waals surface area (Å²) in [5, 5.41) is 5.17. The van der Waals surface area contributed by atoms with E-state index in [4.69, 9.17) is 4.74 Å². The smallest absolute Gasteiger partial charge is 0.408 e. The standard InChI is InChI=1S/C12H20N2O3/c1-6-8-7-12(8,9(15)13-5)14-10(16)17-11(2,3)4/h6,8H,1,7H2,2-5H3,(H,13,15)(H,14,16). The van der Waals surface area contributed by atoms with E-state index in [1.165, 1.54) is 0 Å². The van der Waals surface area contributed by atoms with Gasteiger partial charge in [-0.2, -0.15) is 0 Å². The molecule has 0 saturated heterocycles. The third-order valence-corrected chi connectivity index (χ3v) is 2.66. The van der Waals surface area contributed by atoms with Crippen LogP contribution in [-0.2, 0) is 9.53 Å². The van der Waals surface area contributed by atoms with E-state index < -0.39 is 17.2 Å². The van der Waals surface area contributed by atoms with Gasteiger partial charge in [-0.05, 0) is 27.2 Å². The summed E-state index contributed by atoms with van der Waals surface area (Å²) >= 11 is 0. The highest BCUT2D eigenvalue weighted by molar-refractivity contribution is 5.93. The van der Waals surface area contributed by atoms with Crippen LogP contribution in [0.1, 0.15) is 27.2 Å². The molecular weight excluding hydrogens is 220 g/mol. The molecule has 0 radical (unpaired) electrons. The van der Waals surface area contributed by atoms with E-state index >= 15 is 0 Å². The number of likely N-dealkylation sites (N-methyl/N-ethyl adjacent to an activating group) is 1. The molecule has 1 aliphatic carbocycles. The lowest BCUT2D eigenvalue weighted by Gasteiger charge is -2.23. The second-order valence-corrected chi connectivity index (χ2v) is 5.22. The van der Waals surface area contributed by atoms with Crippen LogP contribution in [0.15, 0.2) is 12.7 Å². The average molecular weight is 240 g/mol. The van der Waals surface area contributed by atoms with Gasteiger partial charge in [-0.3, -0.25) is 4.79 Å². The van der Waals surface area contributed by atoms with Crippen molar-refractivity contribution in [3.05, 3.63) is 12.7 Å². The molecule has 0 spiro atoms. The zero-order valence-corrected chi connectivity index (χ0v) is 10.8. The van der Waals surface area contributed by atoms with Crippen LogP contribution in [-0.4, -0.2) is 30.2 Å². The summed E-state index contributed by atoms with van der Waals surface area (Å²) in [6.45, 7) is 8.97. The molecule has 1 fully saturated rings. The molecule has 2 unspecified atom stereocenters. The highest BCUT2D eigenvalue weighted by atomic mass is 16.6. The number of carbonyl (C=O) groups is 2. The van der Waals surface area contributed by atoms with Crippen molar-refractivity contribution in [2.24, 2.45) is 5.92 Å². The van der Waals surface area contributed by atoms with Crippen LogP contribution in [0.25, 0.3) is 0 Å². The normalized spacial score (nSPS) is 26.9. The Kier molecular flexibility index (Phi) is 3.50. The number of rotatable bonds is 3. The molecule has 2 atom stereocenters. The van der Waals surface area contributed by atoms with Crippen molar-refractivity contribution in [2.45, 2.75) is 38.3 Å². The summed E-state index contributed by atoms with van der Waals surface area (Å²) < 4.78 is 5.14. The van der Waals surface area contributed by atoms with Crippen LogP contribution >= 0.6 is 0 Å². The predicted octanol–water partition coefficient (Wildman–Crippen LogP) is 1.20. The largest absolute Gasteiger partial charge is 0.444 e. The number of amides is 2. The first-order valence-electron chi connectivity index (χ1n) is 5.61. The Morgan fingerprint density at radius 1 is 1.47 bits per heavy atom. The Morgan fingerprint density at radius 3 is 2.41 bits per heavy atom. The molecule has 5 nitrogen and oxygen atoms in total. The lowest BCUT2D eigenvalue weighted by Crippen LogP contribution is -2.50. The van der Waals surface area contributed by atoms with Crippen molar-refractivity contribution in [3.8, 4) is 0 Å². The molecule has 1 rings (SSSR count). The molecule has 0 bridgehead atoms. The van der Waals surface area contributed by atoms with Crippen molar-refractivity contribution in [3.63, 3.8) is 0 Å². The molecule has 96 valence electrons. The summed E-state index contributed by atoms with van der Waals surface area (Å²) in [7, 11) is 1.54. The maximum Gasteiger partial charge on any atom is 0.408 e. The third kappa shape index (κ3) is 2.99. The molecule has 0 aliphatic heterocycles. The van der Waals surface area contributed by atoms with Gasteiger partial charge in [0.15, 0.2) is 0 Å². The Morgan fingerprint density at radius 2 is 2.06 bits per heavy atom. The summed E-state index contributed by atoms with van der Waals surface area (Å²) in [5.41, 5.74) is -1.45. The number of carbonyl (C=O) groups excluding carboxylic acids is 2. The molecule has 0 aromatic heterocycles. The average Bonchev–Trinajstić information content (AvgIpc) is 2.88. The van der Waals surface area contributed by atoms with Gasteiger partial charge in [-0.25, -0.2) is 4.79 Å². The van der Waals surface area contributed by atoms with Crippen LogP contribution in [0.3, 0.4) is 0 Å². The quantitative estimate of drug-likeness (QED) is 0.728. The van der Waals surface area contributed by atoms with Crippen LogP contribution in [0.4, 0.5) is 4.79 Å². The lowest BCUT2D eigenvalue weighted by atomic mass is 10.2. The monoisotopic (exact) mass is 240 g/mol. The van der Waals surface area contributed by atoms with Crippen LogP contribution in [0.2, 0.25) is 0 Å². The van der Waals surface area contributed by atoms with Gasteiger partial charge in [0.25, 0.3) is 0 Å². The molecule has 5 heteroatoms. The molecule has 2 amide bonds. The third-order valence-electron chi connectivity index (χ3n) is 2.66. The first kappa shape index (κ1) is 13.5. The molecule has 17 heavy (non-hydrogen) atoms. The van der Waals surface area contributed by atoms with Gasteiger partial charge in [0.05, 0.1) is 0 Å². The molecule has 0 aromatic rings. The Labute approximate surface area is 102 Å². The second kappa shape index (κ2) is 4.39. The maximum atomic E-state index is 11.7. The van der Waals surface area contributed by atoms with E-state index in [9.17, 15) is 9.59 Å². The van der Waals surface area contributed by atoms with Crippen molar-refractivity contribution < 1.29 is 14.3 Å². The molecule has 1 saturated carbocycles. The van der Waals surface area contributed by atoms with Gasteiger partial charge in [0, 0.05) is 13.0 Å². The highest BCUT2D eigenvalue weighted by Gasteiger charge is 2.59. The van der Waals surface area contributed by atoms with Crippen molar-refractivity contribution in [2.75, 3.05) is 7.05 Å². The molecule has 1 aliphatic rings. The Hall–Kier alpha value is -1.52. The predicted molar refractivity (Wildman–Crippen MR) is 64.5 cm³/mol. The van der Waals surface area contributed by atoms with Crippen molar-refractivity contribution in [1.29, 1.82) is 0 Å². The minimum atomic E-state index is -0.876. The SMILES string of the molecule is C=CC1CC1(NC(=O)OC(C)(C)C)C(=O)NC. The van der Waals surface area contributed by atoms with Crippen LogP contribution in [0.5, 0.6) is 0 Å². The number of ether oxygens (including phenoxy) is 1. The van der Waals surface area contributed by atoms with Gasteiger partial charge in [0.2, 0.25) is 5.91 Å². The van der Waals surface area contributed by atoms with Gasteiger partial charge in [-0.15, -0.1) is 6.58 Å². The topological polar surface area (TPSA) is 67.4 Å². The first-order chi connectivity index (χ1) is 7.75. The number of hydrogen-bond donors (Lipinski definition) is 2. The van der Waals surface area contributed by atoms with E-state index in [1.54, 1.807) is 33.9 Å². The minimum Gasteiger partial charge on any atom is -0.444 e. The van der Waals surface area contributed by atoms with E-state index in [0.29, 0.717) is 6.42 Å². The van der Waals surface area contributed by atoms with Crippen LogP contribution < -0.4 is 10.6 Å². The summed E-state index contributed by atoms with van der Waals surface area (Å²) in [6.07, 6.45) is 1.66. The van der Waals surface area contributed by atoms with E-state index in [0.717, 1.165) is 0 Å².